The summed E-state index contributed by atoms with van der Waals surface area (Å²) in [4.78, 5) is 19.3. The van der Waals surface area contributed by atoms with E-state index in [1.54, 1.807) is 0 Å². The van der Waals surface area contributed by atoms with Crippen LogP contribution in [0.1, 0.15) is 37.7 Å². The van der Waals surface area contributed by atoms with Crippen molar-refractivity contribution in [2.45, 2.75) is 45.4 Å². The molecule has 2 fully saturated rings. The number of aliphatic hydroxyl groups is 1. The van der Waals surface area contributed by atoms with Crippen molar-refractivity contribution in [1.29, 1.82) is 0 Å². The van der Waals surface area contributed by atoms with Crippen LogP contribution in [0.3, 0.4) is 0 Å². The Balaban J connectivity index is 1.46. The maximum Gasteiger partial charge on any atom is 0.239 e. The van der Waals surface area contributed by atoms with Crippen LogP contribution >= 0.6 is 0 Å². The van der Waals surface area contributed by atoms with Gasteiger partial charge in [0, 0.05) is 39.3 Å². The average molecular weight is 335 g/mol. The second-order valence-corrected chi connectivity index (χ2v) is 6.90. The zero-order chi connectivity index (χ0) is 16.9. The fourth-order valence-electron chi connectivity index (χ4n) is 3.66. The predicted molar refractivity (Wildman–Crippen MR) is 91.4 cm³/mol. The van der Waals surface area contributed by atoms with E-state index in [-0.39, 0.29) is 12.6 Å². The van der Waals surface area contributed by atoms with E-state index in [4.69, 9.17) is 9.52 Å². The van der Waals surface area contributed by atoms with Crippen LogP contribution in [-0.2, 0) is 17.9 Å². The van der Waals surface area contributed by atoms with Gasteiger partial charge in [-0.3, -0.25) is 14.6 Å². The highest BCUT2D eigenvalue weighted by atomic mass is 16.4. The monoisotopic (exact) mass is 335 g/mol. The Bertz CT molecular complexity index is 531. The maximum absolute atomic E-state index is 12.6. The third-order valence-corrected chi connectivity index (χ3v) is 5.23. The highest BCUT2D eigenvalue weighted by molar-refractivity contribution is 5.81. The lowest BCUT2D eigenvalue weighted by Crippen LogP contribution is -2.54. The molecule has 2 saturated heterocycles. The number of aliphatic hydroxyl groups excluding tert-OH is 1. The Hall–Kier alpha value is -1.37. The Morgan fingerprint density at radius 2 is 1.75 bits per heavy atom. The van der Waals surface area contributed by atoms with Gasteiger partial charge in [-0.05, 0) is 38.3 Å². The molecule has 1 amide bonds. The molecule has 1 aromatic rings. The van der Waals surface area contributed by atoms with E-state index in [0.29, 0.717) is 11.7 Å². The van der Waals surface area contributed by atoms with Crippen LogP contribution in [0.15, 0.2) is 16.5 Å². The topological polar surface area (TPSA) is 60.2 Å². The first kappa shape index (κ1) is 17.5. The van der Waals surface area contributed by atoms with Gasteiger partial charge in [-0.25, -0.2) is 0 Å². The van der Waals surface area contributed by atoms with Crippen LogP contribution in [-0.4, -0.2) is 71.0 Å². The van der Waals surface area contributed by atoms with Gasteiger partial charge < -0.3 is 14.4 Å². The number of hydrogen-bond acceptors (Lipinski definition) is 5. The molecule has 1 aromatic heterocycles. The summed E-state index contributed by atoms with van der Waals surface area (Å²) in [5.41, 5.74) is 0. The van der Waals surface area contributed by atoms with E-state index < -0.39 is 0 Å². The van der Waals surface area contributed by atoms with Gasteiger partial charge in [-0.15, -0.1) is 0 Å². The van der Waals surface area contributed by atoms with E-state index in [9.17, 15) is 4.79 Å². The number of carbonyl (C=O) groups excluding carboxylic acids is 1. The van der Waals surface area contributed by atoms with Gasteiger partial charge >= 0.3 is 0 Å². The van der Waals surface area contributed by atoms with Crippen LogP contribution in [0, 0.1) is 0 Å². The van der Waals surface area contributed by atoms with Gasteiger partial charge in [0.05, 0.1) is 12.6 Å². The molecule has 0 bridgehead atoms. The number of piperazine rings is 1. The van der Waals surface area contributed by atoms with Gasteiger partial charge in [0.15, 0.2) is 0 Å². The Kier molecular flexibility index (Phi) is 5.92. The molecule has 0 saturated carbocycles. The molecular formula is C18H29N3O3. The number of carbonyl (C=O) groups is 1. The lowest BCUT2D eigenvalue weighted by molar-refractivity contribution is -0.138. The minimum Gasteiger partial charge on any atom is -0.462 e. The summed E-state index contributed by atoms with van der Waals surface area (Å²) >= 11 is 0. The fourth-order valence-corrected chi connectivity index (χ4v) is 3.66. The van der Waals surface area contributed by atoms with Crippen LogP contribution in [0.25, 0.3) is 0 Å². The van der Waals surface area contributed by atoms with Crippen molar-refractivity contribution in [3.8, 4) is 0 Å². The third kappa shape index (κ3) is 4.18. The Morgan fingerprint density at radius 1 is 1.08 bits per heavy atom. The van der Waals surface area contributed by atoms with Crippen LogP contribution in [0.4, 0.5) is 0 Å². The van der Waals surface area contributed by atoms with E-state index in [2.05, 4.69) is 9.80 Å². The van der Waals surface area contributed by atoms with E-state index in [1.165, 1.54) is 6.42 Å². The van der Waals surface area contributed by atoms with Crippen molar-refractivity contribution >= 4 is 5.91 Å². The first-order chi connectivity index (χ1) is 11.7. The van der Waals surface area contributed by atoms with Crippen molar-refractivity contribution in [3.05, 3.63) is 23.7 Å². The van der Waals surface area contributed by atoms with E-state index in [1.807, 2.05) is 24.0 Å². The quantitative estimate of drug-likeness (QED) is 0.879. The zero-order valence-electron chi connectivity index (χ0n) is 14.6. The molecular weight excluding hydrogens is 306 g/mol. The molecule has 3 rings (SSSR count). The second kappa shape index (κ2) is 8.14. The maximum atomic E-state index is 12.6. The number of likely N-dealkylation sites (tertiary alicyclic amines) is 1. The van der Waals surface area contributed by atoms with Crippen LogP contribution in [0.5, 0.6) is 0 Å². The standard InChI is InChI=1S/C18H29N3O3/c1-15(18(23)21-7-3-2-4-8-21)20-11-9-19(10-12-20)13-16-5-6-17(14-22)24-16/h5-6,15,22H,2-4,7-14H2,1H3. The molecule has 2 aliphatic rings. The van der Waals surface area contributed by atoms with E-state index >= 15 is 0 Å². The summed E-state index contributed by atoms with van der Waals surface area (Å²) in [5, 5.41) is 9.06. The van der Waals surface area contributed by atoms with E-state index in [0.717, 1.165) is 64.4 Å². The third-order valence-electron chi connectivity index (χ3n) is 5.23. The number of furan rings is 1. The Labute approximate surface area is 144 Å². The molecule has 0 radical (unpaired) electrons. The summed E-state index contributed by atoms with van der Waals surface area (Å²) in [6.07, 6.45) is 3.54. The molecule has 3 heterocycles. The van der Waals surface area contributed by atoms with Crippen molar-refractivity contribution in [2.75, 3.05) is 39.3 Å². The van der Waals surface area contributed by atoms with Gasteiger partial charge in [-0.2, -0.15) is 0 Å². The molecule has 1 unspecified atom stereocenters. The molecule has 6 nitrogen and oxygen atoms in total. The van der Waals surface area contributed by atoms with Crippen molar-refractivity contribution in [1.82, 2.24) is 14.7 Å². The summed E-state index contributed by atoms with van der Waals surface area (Å²) in [5.74, 6) is 1.80. The fraction of sp³-hybridized carbons (Fsp3) is 0.722. The molecule has 24 heavy (non-hydrogen) atoms. The van der Waals surface area contributed by atoms with Crippen LogP contribution in [0.2, 0.25) is 0 Å². The largest absolute Gasteiger partial charge is 0.462 e. The molecule has 1 N–H and O–H groups in total. The molecule has 0 spiro atoms. The van der Waals surface area contributed by atoms with Crippen molar-refractivity contribution in [2.24, 2.45) is 0 Å². The smallest absolute Gasteiger partial charge is 0.239 e. The summed E-state index contributed by atoms with van der Waals surface area (Å²) in [7, 11) is 0. The summed E-state index contributed by atoms with van der Waals surface area (Å²) < 4.78 is 5.56. The summed E-state index contributed by atoms with van der Waals surface area (Å²) in [6, 6.07) is 3.74. The van der Waals surface area contributed by atoms with Gasteiger partial charge in [0.1, 0.15) is 18.1 Å². The Morgan fingerprint density at radius 3 is 2.38 bits per heavy atom. The second-order valence-electron chi connectivity index (χ2n) is 6.90. The molecule has 0 aromatic carbocycles. The molecule has 1 atom stereocenters. The lowest BCUT2D eigenvalue weighted by Gasteiger charge is -2.39. The SMILES string of the molecule is CC(C(=O)N1CCCCC1)N1CCN(Cc2ccc(CO)o2)CC1. The van der Waals surface area contributed by atoms with Crippen molar-refractivity contribution < 1.29 is 14.3 Å². The highest BCUT2D eigenvalue weighted by Crippen LogP contribution is 2.16. The predicted octanol–water partition coefficient (Wildman–Crippen LogP) is 1.29. The highest BCUT2D eigenvalue weighted by Gasteiger charge is 2.29. The first-order valence-corrected chi connectivity index (χ1v) is 9.11. The average Bonchev–Trinajstić information content (AvgIpc) is 3.09. The van der Waals surface area contributed by atoms with Gasteiger partial charge in [0.25, 0.3) is 0 Å². The van der Waals surface area contributed by atoms with Crippen LogP contribution < -0.4 is 0 Å². The first-order valence-electron chi connectivity index (χ1n) is 9.11. The van der Waals surface area contributed by atoms with Crippen molar-refractivity contribution in [3.63, 3.8) is 0 Å². The lowest BCUT2D eigenvalue weighted by atomic mass is 10.1. The normalized spacial score (nSPS) is 21.8. The number of piperidine rings is 1. The van der Waals surface area contributed by atoms with Gasteiger partial charge in [-0.1, -0.05) is 0 Å². The number of hydrogen-bond donors (Lipinski definition) is 1. The summed E-state index contributed by atoms with van der Waals surface area (Å²) in [6.45, 7) is 8.31. The minimum atomic E-state index is -0.0517. The minimum absolute atomic E-state index is 0.0187. The van der Waals surface area contributed by atoms with Gasteiger partial charge in [0.2, 0.25) is 5.91 Å². The number of nitrogens with zero attached hydrogens (tertiary/aromatic N) is 3. The molecule has 134 valence electrons. The number of amides is 1. The molecule has 6 heteroatoms. The number of rotatable bonds is 5. The zero-order valence-corrected chi connectivity index (χ0v) is 14.6. The molecule has 0 aliphatic carbocycles. The molecule has 2 aliphatic heterocycles.